The minimum absolute atomic E-state index is 0.151. The minimum atomic E-state index is 0.151. The first kappa shape index (κ1) is 8.50. The van der Waals surface area contributed by atoms with Crippen LogP contribution in [0.1, 0.15) is 13.3 Å². The van der Waals surface area contributed by atoms with Crippen molar-refractivity contribution in [1.29, 1.82) is 0 Å². The number of hydrogen-bond donors (Lipinski definition) is 0. The predicted octanol–water partition coefficient (Wildman–Crippen LogP) is 1.88. The fraction of sp³-hybridized carbons (Fsp3) is 0.556. The maximum Gasteiger partial charge on any atom is 0.147 e. The molecule has 0 aromatic rings. The lowest BCUT2D eigenvalue weighted by atomic mass is 10.3. The first-order chi connectivity index (χ1) is 5.39. The number of hydrogen-bond acceptors (Lipinski definition) is 2. The molecule has 0 saturated heterocycles. The summed E-state index contributed by atoms with van der Waals surface area (Å²) in [5.41, 5.74) is 0. The lowest BCUT2D eigenvalue weighted by Gasteiger charge is -2.09. The highest BCUT2D eigenvalue weighted by Gasteiger charge is 1.95. The van der Waals surface area contributed by atoms with Gasteiger partial charge in [-0.25, -0.2) is 0 Å². The van der Waals surface area contributed by atoms with E-state index >= 15 is 0 Å². The standard InChI is InChI=1S/C9H14O2/c1-9-6-4-2-3-5-7-10-8-11-9/h2-4,6,9H,5,7-8H2,1H3/b3-2-,6-4-. The van der Waals surface area contributed by atoms with Crippen molar-refractivity contribution in [1.82, 2.24) is 0 Å². The average molecular weight is 154 g/mol. The zero-order chi connectivity index (χ0) is 7.94. The van der Waals surface area contributed by atoms with Crippen molar-refractivity contribution in [3.05, 3.63) is 24.3 Å². The first-order valence-electron chi connectivity index (χ1n) is 3.92. The quantitative estimate of drug-likeness (QED) is 0.530. The monoisotopic (exact) mass is 154 g/mol. The Morgan fingerprint density at radius 1 is 1.36 bits per heavy atom. The topological polar surface area (TPSA) is 18.5 Å². The van der Waals surface area contributed by atoms with Gasteiger partial charge in [0.05, 0.1) is 12.7 Å². The molecule has 1 aliphatic rings. The third kappa shape index (κ3) is 3.96. The summed E-state index contributed by atoms with van der Waals surface area (Å²) < 4.78 is 10.4. The zero-order valence-corrected chi connectivity index (χ0v) is 6.82. The van der Waals surface area contributed by atoms with E-state index in [-0.39, 0.29) is 6.10 Å². The maximum absolute atomic E-state index is 5.28. The van der Waals surface area contributed by atoms with Crippen molar-refractivity contribution in [3.63, 3.8) is 0 Å². The molecule has 62 valence electrons. The van der Waals surface area contributed by atoms with E-state index in [0.29, 0.717) is 6.79 Å². The summed E-state index contributed by atoms with van der Waals surface area (Å²) in [5.74, 6) is 0. The van der Waals surface area contributed by atoms with Gasteiger partial charge in [-0.1, -0.05) is 24.3 Å². The normalized spacial score (nSPS) is 32.6. The van der Waals surface area contributed by atoms with E-state index in [0.717, 1.165) is 13.0 Å². The molecule has 2 nitrogen and oxygen atoms in total. The molecule has 0 N–H and O–H groups in total. The van der Waals surface area contributed by atoms with E-state index in [9.17, 15) is 0 Å². The average Bonchev–Trinajstić information content (AvgIpc) is 2.03. The smallest absolute Gasteiger partial charge is 0.147 e. The highest BCUT2D eigenvalue weighted by molar-refractivity contribution is 5.04. The largest absolute Gasteiger partial charge is 0.355 e. The number of ether oxygens (including phenoxy) is 2. The lowest BCUT2D eigenvalue weighted by molar-refractivity contribution is -0.0692. The van der Waals surface area contributed by atoms with Gasteiger partial charge in [0.25, 0.3) is 0 Å². The molecule has 2 heteroatoms. The molecule has 11 heavy (non-hydrogen) atoms. The molecule has 1 aliphatic heterocycles. The summed E-state index contributed by atoms with van der Waals surface area (Å²) in [5, 5.41) is 0. The molecule has 0 aromatic carbocycles. The van der Waals surface area contributed by atoms with Crippen LogP contribution in [0.3, 0.4) is 0 Å². The van der Waals surface area contributed by atoms with Crippen LogP contribution in [0.4, 0.5) is 0 Å². The molecule has 0 aromatic heterocycles. The van der Waals surface area contributed by atoms with E-state index in [1.54, 1.807) is 0 Å². The molecule has 0 bridgehead atoms. The highest BCUT2D eigenvalue weighted by atomic mass is 16.7. The van der Waals surface area contributed by atoms with Crippen LogP contribution in [-0.2, 0) is 9.47 Å². The van der Waals surface area contributed by atoms with Gasteiger partial charge in [0.2, 0.25) is 0 Å². The Hall–Kier alpha value is -0.600. The Labute approximate surface area is 67.5 Å². The maximum atomic E-state index is 5.28. The van der Waals surface area contributed by atoms with Crippen LogP contribution in [0.2, 0.25) is 0 Å². The van der Waals surface area contributed by atoms with Crippen LogP contribution in [0.25, 0.3) is 0 Å². The summed E-state index contributed by atoms with van der Waals surface area (Å²) in [6, 6.07) is 0. The van der Waals surface area contributed by atoms with Crippen molar-refractivity contribution < 1.29 is 9.47 Å². The summed E-state index contributed by atoms with van der Waals surface area (Å²) in [6.07, 6.45) is 9.24. The Morgan fingerprint density at radius 2 is 2.27 bits per heavy atom. The van der Waals surface area contributed by atoms with E-state index in [2.05, 4.69) is 6.08 Å². The molecule has 0 saturated carbocycles. The van der Waals surface area contributed by atoms with E-state index < -0.39 is 0 Å². The van der Waals surface area contributed by atoms with Gasteiger partial charge in [-0.15, -0.1) is 0 Å². The van der Waals surface area contributed by atoms with Crippen LogP contribution in [0, 0.1) is 0 Å². The van der Waals surface area contributed by atoms with Crippen molar-refractivity contribution in [2.45, 2.75) is 19.4 Å². The Bertz CT molecular complexity index is 150. The molecule has 0 spiro atoms. The second kappa shape index (κ2) is 5.10. The van der Waals surface area contributed by atoms with E-state index in [1.165, 1.54) is 0 Å². The SMILES string of the molecule is CC1/C=C\C=C/CCOCO1. The fourth-order valence-corrected chi connectivity index (χ4v) is 0.817. The predicted molar refractivity (Wildman–Crippen MR) is 44.3 cm³/mol. The molecule has 0 fully saturated rings. The van der Waals surface area contributed by atoms with Gasteiger partial charge in [-0.2, -0.15) is 0 Å². The van der Waals surface area contributed by atoms with Crippen LogP contribution in [0.15, 0.2) is 24.3 Å². The second-order valence-corrected chi connectivity index (χ2v) is 2.50. The molecule has 1 heterocycles. The molecule has 1 unspecified atom stereocenters. The molecule has 1 rings (SSSR count). The second-order valence-electron chi connectivity index (χ2n) is 2.50. The number of rotatable bonds is 0. The van der Waals surface area contributed by atoms with Crippen LogP contribution < -0.4 is 0 Å². The minimum Gasteiger partial charge on any atom is -0.355 e. The van der Waals surface area contributed by atoms with Crippen LogP contribution in [-0.4, -0.2) is 19.5 Å². The van der Waals surface area contributed by atoms with Gasteiger partial charge in [-0.05, 0) is 13.3 Å². The van der Waals surface area contributed by atoms with Gasteiger partial charge in [0.15, 0.2) is 0 Å². The molecule has 0 aliphatic carbocycles. The first-order valence-corrected chi connectivity index (χ1v) is 3.92. The van der Waals surface area contributed by atoms with Gasteiger partial charge < -0.3 is 9.47 Å². The van der Waals surface area contributed by atoms with Gasteiger partial charge in [-0.3, -0.25) is 0 Å². The molecule has 0 amide bonds. The van der Waals surface area contributed by atoms with Crippen molar-refractivity contribution in [2.75, 3.05) is 13.4 Å². The van der Waals surface area contributed by atoms with E-state index in [4.69, 9.17) is 9.47 Å². The highest BCUT2D eigenvalue weighted by Crippen LogP contribution is 1.97. The van der Waals surface area contributed by atoms with Crippen LogP contribution in [0.5, 0.6) is 0 Å². The summed E-state index contributed by atoms with van der Waals surface area (Å²) in [7, 11) is 0. The third-order valence-corrected chi connectivity index (χ3v) is 1.47. The van der Waals surface area contributed by atoms with Crippen molar-refractivity contribution in [2.24, 2.45) is 0 Å². The molecular weight excluding hydrogens is 140 g/mol. The summed E-state index contributed by atoms with van der Waals surface area (Å²) in [4.78, 5) is 0. The molecule has 0 radical (unpaired) electrons. The van der Waals surface area contributed by atoms with Gasteiger partial charge in [0, 0.05) is 0 Å². The van der Waals surface area contributed by atoms with Crippen molar-refractivity contribution in [3.8, 4) is 0 Å². The summed E-state index contributed by atoms with van der Waals surface area (Å²) in [6.45, 7) is 3.14. The Kier molecular flexibility index (Phi) is 3.94. The third-order valence-electron chi connectivity index (χ3n) is 1.47. The van der Waals surface area contributed by atoms with Crippen molar-refractivity contribution >= 4 is 0 Å². The number of allylic oxidation sites excluding steroid dienone is 2. The Morgan fingerprint density at radius 3 is 3.18 bits per heavy atom. The fourth-order valence-electron chi connectivity index (χ4n) is 0.817. The molecule has 1 atom stereocenters. The lowest BCUT2D eigenvalue weighted by Crippen LogP contribution is -2.09. The van der Waals surface area contributed by atoms with E-state index in [1.807, 2.05) is 25.2 Å². The summed E-state index contributed by atoms with van der Waals surface area (Å²) >= 11 is 0. The van der Waals surface area contributed by atoms with Crippen LogP contribution >= 0.6 is 0 Å². The Balaban J connectivity index is 2.38. The molecular formula is C9H14O2. The van der Waals surface area contributed by atoms with Gasteiger partial charge in [0.1, 0.15) is 6.79 Å². The zero-order valence-electron chi connectivity index (χ0n) is 6.82. The van der Waals surface area contributed by atoms with Gasteiger partial charge >= 0.3 is 0 Å².